The van der Waals surface area contributed by atoms with Crippen LogP contribution in [-0.4, -0.2) is 8.80 Å². The minimum Gasteiger partial charge on any atom is -0.104 e. The molecular weight excluding hydrogens is 112 g/mol. The lowest BCUT2D eigenvalue weighted by atomic mass is 10.6. The summed E-state index contributed by atoms with van der Waals surface area (Å²) in [4.78, 5) is 0. The Balaban J connectivity index is 3.32. The molecule has 0 spiro atoms. The molecule has 0 fully saturated rings. The van der Waals surface area contributed by atoms with Crippen molar-refractivity contribution in [2.24, 2.45) is 0 Å². The highest BCUT2D eigenvalue weighted by Crippen LogP contribution is 2.03. The van der Waals surface area contributed by atoms with E-state index in [1.807, 2.05) is 0 Å². The van der Waals surface area contributed by atoms with Crippen LogP contribution < -0.4 is 0 Å². The van der Waals surface area contributed by atoms with Gasteiger partial charge in [-0.05, 0) is 6.92 Å². The zero-order chi connectivity index (χ0) is 6.57. The van der Waals surface area contributed by atoms with Crippen molar-refractivity contribution >= 4 is 8.80 Å². The minimum absolute atomic E-state index is 0.152. The molecule has 0 aliphatic heterocycles. The van der Waals surface area contributed by atoms with Gasteiger partial charge < -0.3 is 0 Å². The number of allylic oxidation sites excluding steroid dienone is 1. The van der Waals surface area contributed by atoms with E-state index in [1.165, 1.54) is 17.7 Å². The monoisotopic (exact) mass is 127 g/mol. The van der Waals surface area contributed by atoms with Crippen LogP contribution in [0.4, 0.5) is 0 Å². The lowest BCUT2D eigenvalue weighted by Crippen LogP contribution is -2.06. The molecule has 47 valence electrons. The number of hydrogen-bond acceptors (Lipinski definition) is 0. The van der Waals surface area contributed by atoms with Gasteiger partial charge in [0, 0.05) is 0 Å². The highest BCUT2D eigenvalue weighted by atomic mass is 28.3. The van der Waals surface area contributed by atoms with Crippen LogP contribution in [0.15, 0.2) is 11.8 Å². The molecular formula is C7H15Si. The van der Waals surface area contributed by atoms with E-state index in [2.05, 4.69) is 27.0 Å². The van der Waals surface area contributed by atoms with Gasteiger partial charge >= 0.3 is 0 Å². The largest absolute Gasteiger partial charge is 0.104 e. The van der Waals surface area contributed by atoms with Crippen molar-refractivity contribution in [2.45, 2.75) is 32.9 Å². The smallest absolute Gasteiger partial charge is 0.0757 e. The van der Waals surface area contributed by atoms with E-state index < -0.39 is 0 Å². The van der Waals surface area contributed by atoms with Gasteiger partial charge in [-0.2, -0.15) is 0 Å². The summed E-state index contributed by atoms with van der Waals surface area (Å²) in [6.07, 6.45) is 1.32. The fraction of sp³-hybridized carbons (Fsp3) is 0.714. The van der Waals surface area contributed by atoms with Gasteiger partial charge in [0.25, 0.3) is 0 Å². The molecule has 0 bridgehead atoms. The second-order valence-electron chi connectivity index (χ2n) is 2.31. The normalized spacial score (nSPS) is 10.0. The molecule has 0 atom stereocenters. The van der Waals surface area contributed by atoms with Crippen molar-refractivity contribution < 1.29 is 0 Å². The molecule has 0 N–H and O–H groups in total. The standard InChI is InChI=1S/C7H15Si/c1-5-6-8(4)7(2)3/h2,5-6H2,1,3-4H3. The molecule has 0 unspecified atom stereocenters. The molecule has 0 aliphatic carbocycles. The Morgan fingerprint density at radius 2 is 2.12 bits per heavy atom. The van der Waals surface area contributed by atoms with Crippen molar-refractivity contribution in [1.29, 1.82) is 0 Å². The van der Waals surface area contributed by atoms with Crippen LogP contribution in [0, 0.1) is 0 Å². The van der Waals surface area contributed by atoms with Crippen LogP contribution in [-0.2, 0) is 0 Å². The summed E-state index contributed by atoms with van der Waals surface area (Å²) in [6, 6.07) is 1.39. The Morgan fingerprint density at radius 1 is 1.62 bits per heavy atom. The molecule has 0 saturated carbocycles. The zero-order valence-corrected chi connectivity index (χ0v) is 7.12. The van der Waals surface area contributed by atoms with E-state index in [-0.39, 0.29) is 8.80 Å². The van der Waals surface area contributed by atoms with Crippen molar-refractivity contribution in [3.63, 3.8) is 0 Å². The summed E-state index contributed by atoms with van der Waals surface area (Å²) in [5.74, 6) is 0. The van der Waals surface area contributed by atoms with E-state index in [1.54, 1.807) is 0 Å². The van der Waals surface area contributed by atoms with Crippen LogP contribution in [0.2, 0.25) is 12.6 Å². The van der Waals surface area contributed by atoms with Crippen LogP contribution >= 0.6 is 0 Å². The van der Waals surface area contributed by atoms with Gasteiger partial charge in [0.1, 0.15) is 0 Å². The second kappa shape index (κ2) is 3.90. The zero-order valence-electron chi connectivity index (χ0n) is 6.12. The van der Waals surface area contributed by atoms with Crippen molar-refractivity contribution in [2.75, 3.05) is 0 Å². The van der Waals surface area contributed by atoms with Crippen molar-refractivity contribution in [3.05, 3.63) is 11.8 Å². The first-order valence-electron chi connectivity index (χ1n) is 3.16. The Hall–Kier alpha value is -0.0431. The average Bonchev–Trinajstić information content (AvgIpc) is 1.67. The Morgan fingerprint density at radius 3 is 2.25 bits per heavy atom. The summed E-state index contributed by atoms with van der Waals surface area (Å²) in [7, 11) is -0.152. The second-order valence-corrected chi connectivity index (χ2v) is 5.22. The summed E-state index contributed by atoms with van der Waals surface area (Å²) in [5, 5.41) is 1.41. The molecule has 0 heterocycles. The average molecular weight is 127 g/mol. The molecule has 0 aromatic carbocycles. The van der Waals surface area contributed by atoms with E-state index >= 15 is 0 Å². The van der Waals surface area contributed by atoms with E-state index in [0.29, 0.717) is 0 Å². The number of hydrogen-bond donors (Lipinski definition) is 0. The van der Waals surface area contributed by atoms with Gasteiger partial charge in [-0.3, -0.25) is 0 Å². The van der Waals surface area contributed by atoms with Gasteiger partial charge in [-0.15, -0.1) is 6.58 Å². The third-order valence-electron chi connectivity index (χ3n) is 1.35. The van der Waals surface area contributed by atoms with Crippen molar-refractivity contribution in [3.8, 4) is 0 Å². The molecule has 0 nitrogen and oxygen atoms in total. The SMILES string of the molecule is C=C(C)[Si](C)CCC. The lowest BCUT2D eigenvalue weighted by molar-refractivity contribution is 1.06. The molecule has 0 aliphatic rings. The molecule has 0 rings (SSSR count). The van der Waals surface area contributed by atoms with E-state index in [4.69, 9.17) is 0 Å². The molecule has 0 aromatic heterocycles. The quantitative estimate of drug-likeness (QED) is 0.511. The van der Waals surface area contributed by atoms with Crippen molar-refractivity contribution in [1.82, 2.24) is 0 Å². The maximum absolute atomic E-state index is 3.92. The van der Waals surface area contributed by atoms with Gasteiger partial charge in [0.05, 0.1) is 8.80 Å². The predicted molar refractivity (Wildman–Crippen MR) is 41.5 cm³/mol. The van der Waals surface area contributed by atoms with E-state index in [9.17, 15) is 0 Å². The molecule has 1 radical (unpaired) electrons. The lowest BCUT2D eigenvalue weighted by Gasteiger charge is -2.04. The summed E-state index contributed by atoms with van der Waals surface area (Å²) >= 11 is 0. The molecule has 0 saturated heterocycles. The first-order valence-corrected chi connectivity index (χ1v) is 5.37. The summed E-state index contributed by atoms with van der Waals surface area (Å²) < 4.78 is 0. The third kappa shape index (κ3) is 3.02. The van der Waals surface area contributed by atoms with Crippen LogP contribution in [0.25, 0.3) is 0 Å². The maximum Gasteiger partial charge on any atom is 0.0757 e. The fourth-order valence-electron chi connectivity index (χ4n) is 0.588. The minimum atomic E-state index is -0.152. The Bertz CT molecular complexity index is 76.5. The van der Waals surface area contributed by atoms with Gasteiger partial charge in [-0.1, -0.05) is 31.1 Å². The number of rotatable bonds is 3. The third-order valence-corrected chi connectivity index (χ3v) is 4.06. The van der Waals surface area contributed by atoms with Gasteiger partial charge in [0.15, 0.2) is 0 Å². The first-order chi connectivity index (χ1) is 3.68. The van der Waals surface area contributed by atoms with Gasteiger partial charge in [-0.25, -0.2) is 0 Å². The van der Waals surface area contributed by atoms with Crippen LogP contribution in [0.5, 0.6) is 0 Å². The molecule has 1 heteroatoms. The summed E-state index contributed by atoms with van der Waals surface area (Å²) in [6.45, 7) is 10.6. The highest BCUT2D eigenvalue weighted by Gasteiger charge is 2.00. The Labute approximate surface area is 54.2 Å². The molecule has 0 aromatic rings. The van der Waals surface area contributed by atoms with E-state index in [0.717, 1.165) is 0 Å². The highest BCUT2D eigenvalue weighted by molar-refractivity contribution is 6.65. The molecule has 8 heavy (non-hydrogen) atoms. The predicted octanol–water partition coefficient (Wildman–Crippen LogP) is 2.64. The fourth-order valence-corrected chi connectivity index (χ4v) is 1.77. The van der Waals surface area contributed by atoms with Crippen LogP contribution in [0.3, 0.4) is 0 Å². The maximum atomic E-state index is 3.92. The summed E-state index contributed by atoms with van der Waals surface area (Å²) in [5.41, 5.74) is 0. The first kappa shape index (κ1) is 7.96. The van der Waals surface area contributed by atoms with Gasteiger partial charge in [0.2, 0.25) is 0 Å². The van der Waals surface area contributed by atoms with Crippen LogP contribution in [0.1, 0.15) is 20.3 Å². The Kier molecular flexibility index (Phi) is 3.88. The molecule has 0 amide bonds. The topological polar surface area (TPSA) is 0 Å².